The van der Waals surface area contributed by atoms with Gasteiger partial charge in [-0.1, -0.05) is 13.8 Å². The predicted octanol–water partition coefficient (Wildman–Crippen LogP) is 0.131. The zero-order valence-electron chi connectivity index (χ0n) is 12.6. The molecule has 0 aliphatic heterocycles. The van der Waals surface area contributed by atoms with Gasteiger partial charge in [0.2, 0.25) is 18.2 Å². The minimum Gasteiger partial charge on any atom is -0.357 e. The van der Waals surface area contributed by atoms with Gasteiger partial charge >= 0.3 is 0 Å². The molecule has 7 heteroatoms. The van der Waals surface area contributed by atoms with Crippen molar-refractivity contribution in [2.45, 2.75) is 38.8 Å². The summed E-state index contributed by atoms with van der Waals surface area (Å²) in [4.78, 5) is 34.4. The first-order valence-corrected chi connectivity index (χ1v) is 8.06. The summed E-state index contributed by atoms with van der Waals surface area (Å²) >= 11 is 1.60. The summed E-state index contributed by atoms with van der Waals surface area (Å²) in [5.74, 6) is 0.497. The van der Waals surface area contributed by atoms with E-state index in [-0.39, 0.29) is 17.7 Å². The summed E-state index contributed by atoms with van der Waals surface area (Å²) in [7, 11) is 1.54. The summed E-state index contributed by atoms with van der Waals surface area (Å²) in [5.41, 5.74) is 0. The average molecular weight is 303 g/mol. The highest BCUT2D eigenvalue weighted by atomic mass is 32.2. The maximum Gasteiger partial charge on any atom is 0.243 e. The summed E-state index contributed by atoms with van der Waals surface area (Å²) in [6, 6.07) is -1.17. The average Bonchev–Trinajstić information content (AvgIpc) is 2.41. The lowest BCUT2D eigenvalue weighted by atomic mass is 10.0. The number of hydrogen-bond acceptors (Lipinski definition) is 4. The summed E-state index contributed by atoms with van der Waals surface area (Å²) in [6.45, 7) is 3.97. The van der Waals surface area contributed by atoms with Crippen molar-refractivity contribution in [3.63, 3.8) is 0 Å². The van der Waals surface area contributed by atoms with Crippen molar-refractivity contribution in [2.24, 2.45) is 5.92 Å². The zero-order chi connectivity index (χ0) is 15.5. The lowest BCUT2D eigenvalue weighted by Gasteiger charge is -2.22. The SMILES string of the molecule is CNC(=O)C(CC(C)C)NC(=O)C(CCSC)NC=O. The van der Waals surface area contributed by atoms with Crippen LogP contribution in [0.25, 0.3) is 0 Å². The Morgan fingerprint density at radius 3 is 2.30 bits per heavy atom. The molecule has 0 saturated heterocycles. The van der Waals surface area contributed by atoms with Crippen LogP contribution < -0.4 is 16.0 Å². The van der Waals surface area contributed by atoms with Gasteiger partial charge in [-0.3, -0.25) is 14.4 Å². The van der Waals surface area contributed by atoms with Crippen molar-refractivity contribution in [3.8, 4) is 0 Å². The van der Waals surface area contributed by atoms with Gasteiger partial charge in [-0.2, -0.15) is 11.8 Å². The first-order chi connectivity index (χ1) is 9.46. The van der Waals surface area contributed by atoms with E-state index in [0.717, 1.165) is 5.75 Å². The first-order valence-electron chi connectivity index (χ1n) is 6.66. The Balaban J connectivity index is 4.67. The van der Waals surface area contributed by atoms with Gasteiger partial charge in [0, 0.05) is 7.05 Å². The van der Waals surface area contributed by atoms with E-state index in [1.165, 1.54) is 7.05 Å². The van der Waals surface area contributed by atoms with Crippen LogP contribution in [0, 0.1) is 5.92 Å². The third kappa shape index (κ3) is 7.37. The molecule has 0 aliphatic rings. The fourth-order valence-corrected chi connectivity index (χ4v) is 2.23. The molecule has 0 aromatic carbocycles. The standard InChI is InChI=1S/C13H25N3O3S/c1-9(2)7-11(12(18)14-3)16-13(19)10(15-8-17)5-6-20-4/h8-11H,5-7H2,1-4H3,(H,14,18)(H,15,17)(H,16,19). The molecule has 0 aromatic heterocycles. The van der Waals surface area contributed by atoms with Gasteiger partial charge in [0.1, 0.15) is 12.1 Å². The van der Waals surface area contributed by atoms with Crippen LogP contribution in [0.2, 0.25) is 0 Å². The van der Waals surface area contributed by atoms with E-state index in [9.17, 15) is 14.4 Å². The molecule has 0 saturated carbocycles. The Hall–Kier alpha value is -1.24. The third-order valence-electron chi connectivity index (χ3n) is 2.78. The zero-order valence-corrected chi connectivity index (χ0v) is 13.4. The second-order valence-corrected chi connectivity index (χ2v) is 5.91. The third-order valence-corrected chi connectivity index (χ3v) is 3.43. The molecule has 20 heavy (non-hydrogen) atoms. The van der Waals surface area contributed by atoms with E-state index >= 15 is 0 Å². The number of nitrogens with one attached hydrogen (secondary N) is 3. The molecule has 3 amide bonds. The molecule has 6 nitrogen and oxygen atoms in total. The summed E-state index contributed by atoms with van der Waals surface area (Å²) < 4.78 is 0. The van der Waals surface area contributed by atoms with Gasteiger partial charge in [0.25, 0.3) is 0 Å². The molecular weight excluding hydrogens is 278 g/mol. The lowest BCUT2D eigenvalue weighted by Crippen LogP contribution is -2.52. The van der Waals surface area contributed by atoms with E-state index < -0.39 is 12.1 Å². The highest BCUT2D eigenvalue weighted by molar-refractivity contribution is 7.98. The Bertz CT molecular complexity index is 324. The number of rotatable bonds is 10. The van der Waals surface area contributed by atoms with Gasteiger partial charge < -0.3 is 16.0 Å². The van der Waals surface area contributed by atoms with Crippen molar-refractivity contribution in [3.05, 3.63) is 0 Å². The number of thioether (sulfide) groups is 1. The smallest absolute Gasteiger partial charge is 0.243 e. The van der Waals surface area contributed by atoms with E-state index in [2.05, 4.69) is 16.0 Å². The minimum atomic E-state index is -0.598. The molecule has 2 atom stereocenters. The Morgan fingerprint density at radius 2 is 1.85 bits per heavy atom. The van der Waals surface area contributed by atoms with Gasteiger partial charge in [0.05, 0.1) is 0 Å². The van der Waals surface area contributed by atoms with Crippen LogP contribution in [0.5, 0.6) is 0 Å². The van der Waals surface area contributed by atoms with E-state index in [1.54, 1.807) is 11.8 Å². The Kier molecular flexibility index (Phi) is 9.88. The molecule has 0 aliphatic carbocycles. The topological polar surface area (TPSA) is 87.3 Å². The Labute approximate surface area is 124 Å². The van der Waals surface area contributed by atoms with Gasteiger partial charge in [-0.15, -0.1) is 0 Å². The minimum absolute atomic E-state index is 0.221. The van der Waals surface area contributed by atoms with Gasteiger partial charge in [0.15, 0.2) is 0 Å². The van der Waals surface area contributed by atoms with Crippen molar-refractivity contribution < 1.29 is 14.4 Å². The molecular formula is C13H25N3O3S. The van der Waals surface area contributed by atoms with Crippen LogP contribution in [0.1, 0.15) is 26.7 Å². The van der Waals surface area contributed by atoms with Crippen LogP contribution in [0.3, 0.4) is 0 Å². The molecule has 2 unspecified atom stereocenters. The fraction of sp³-hybridized carbons (Fsp3) is 0.769. The molecule has 3 N–H and O–H groups in total. The van der Waals surface area contributed by atoms with Gasteiger partial charge in [-0.25, -0.2) is 0 Å². The van der Waals surface area contributed by atoms with E-state index in [1.807, 2.05) is 20.1 Å². The van der Waals surface area contributed by atoms with Crippen LogP contribution in [0.4, 0.5) is 0 Å². The van der Waals surface area contributed by atoms with Crippen LogP contribution in [-0.4, -0.2) is 49.4 Å². The first kappa shape index (κ1) is 18.8. The summed E-state index contributed by atoms with van der Waals surface area (Å²) in [6.07, 6.45) is 3.54. The molecule has 0 fully saturated rings. The highest BCUT2D eigenvalue weighted by Gasteiger charge is 2.25. The monoisotopic (exact) mass is 303 g/mol. The quantitative estimate of drug-likeness (QED) is 0.501. The number of likely N-dealkylation sites (N-methyl/N-ethyl adjacent to an activating group) is 1. The second kappa shape index (κ2) is 10.5. The van der Waals surface area contributed by atoms with Crippen molar-refractivity contribution >= 4 is 30.0 Å². The largest absolute Gasteiger partial charge is 0.357 e. The van der Waals surface area contributed by atoms with Crippen molar-refractivity contribution in [2.75, 3.05) is 19.1 Å². The second-order valence-electron chi connectivity index (χ2n) is 4.92. The molecule has 0 radical (unpaired) electrons. The van der Waals surface area contributed by atoms with Crippen molar-refractivity contribution in [1.82, 2.24) is 16.0 Å². The number of carbonyl (C=O) groups is 3. The predicted molar refractivity (Wildman–Crippen MR) is 81.4 cm³/mol. The normalized spacial score (nSPS) is 13.4. The van der Waals surface area contributed by atoms with E-state index in [4.69, 9.17) is 0 Å². The molecule has 116 valence electrons. The molecule has 0 bridgehead atoms. The number of carbonyl (C=O) groups excluding carboxylic acids is 3. The number of hydrogen-bond donors (Lipinski definition) is 3. The maximum atomic E-state index is 12.1. The van der Waals surface area contributed by atoms with Crippen LogP contribution in [0.15, 0.2) is 0 Å². The van der Waals surface area contributed by atoms with Crippen LogP contribution in [-0.2, 0) is 14.4 Å². The van der Waals surface area contributed by atoms with Crippen LogP contribution >= 0.6 is 11.8 Å². The lowest BCUT2D eigenvalue weighted by molar-refractivity contribution is -0.130. The fourth-order valence-electron chi connectivity index (χ4n) is 1.76. The molecule has 0 aromatic rings. The number of amides is 3. The van der Waals surface area contributed by atoms with Gasteiger partial charge in [-0.05, 0) is 30.8 Å². The van der Waals surface area contributed by atoms with Crippen molar-refractivity contribution in [1.29, 1.82) is 0 Å². The highest BCUT2D eigenvalue weighted by Crippen LogP contribution is 2.06. The molecule has 0 heterocycles. The molecule has 0 rings (SSSR count). The Morgan fingerprint density at radius 1 is 1.20 bits per heavy atom. The summed E-state index contributed by atoms with van der Waals surface area (Å²) in [5, 5.41) is 7.75. The van der Waals surface area contributed by atoms with E-state index in [0.29, 0.717) is 19.3 Å². The molecule has 0 spiro atoms. The maximum absolute atomic E-state index is 12.1.